The normalized spacial score (nSPS) is 11.0. The Morgan fingerprint density at radius 1 is 1.33 bits per heavy atom. The number of aromatic carboxylic acids is 1. The molecule has 0 saturated carbocycles. The van der Waals surface area contributed by atoms with Gasteiger partial charge in [0, 0.05) is 6.54 Å². The molecule has 0 unspecified atom stereocenters. The topological polar surface area (TPSA) is 110 Å². The summed E-state index contributed by atoms with van der Waals surface area (Å²) in [5, 5.41) is 11.5. The van der Waals surface area contributed by atoms with E-state index in [1.807, 2.05) is 6.92 Å². The Labute approximate surface area is 122 Å². The number of hydrogen-bond acceptors (Lipinski definition) is 5. The molecule has 21 heavy (non-hydrogen) atoms. The molecule has 1 rings (SSSR count). The van der Waals surface area contributed by atoms with Crippen molar-refractivity contribution in [1.82, 2.24) is 5.32 Å². The molecule has 0 heterocycles. The number of amides is 1. The standard InChI is InChI=1S/C13H17NO6S/c1-3-6-14-12(15)8-21(18,19)9-4-5-11(20-2)10(7-9)13(16)17/h4-5,7H,3,6,8H2,1-2H3,(H,14,15)(H,16,17). The van der Waals surface area contributed by atoms with E-state index in [-0.39, 0.29) is 16.2 Å². The maximum Gasteiger partial charge on any atom is 0.339 e. The minimum absolute atomic E-state index is 0.0527. The van der Waals surface area contributed by atoms with Crippen molar-refractivity contribution in [1.29, 1.82) is 0 Å². The van der Waals surface area contributed by atoms with Crippen molar-refractivity contribution in [3.63, 3.8) is 0 Å². The lowest BCUT2D eigenvalue weighted by atomic mass is 10.2. The van der Waals surface area contributed by atoms with Gasteiger partial charge in [-0.3, -0.25) is 4.79 Å². The van der Waals surface area contributed by atoms with Gasteiger partial charge in [-0.2, -0.15) is 0 Å². The molecule has 8 heteroatoms. The largest absolute Gasteiger partial charge is 0.496 e. The van der Waals surface area contributed by atoms with Crippen molar-refractivity contribution in [2.24, 2.45) is 0 Å². The van der Waals surface area contributed by atoms with Crippen LogP contribution in [0.1, 0.15) is 23.7 Å². The van der Waals surface area contributed by atoms with Crippen LogP contribution in [0.5, 0.6) is 5.75 Å². The summed E-state index contributed by atoms with van der Waals surface area (Å²) >= 11 is 0. The van der Waals surface area contributed by atoms with Crippen LogP contribution >= 0.6 is 0 Å². The van der Waals surface area contributed by atoms with Crippen molar-refractivity contribution in [2.75, 3.05) is 19.4 Å². The van der Waals surface area contributed by atoms with Gasteiger partial charge in [0.05, 0.1) is 12.0 Å². The molecule has 0 aliphatic heterocycles. The van der Waals surface area contributed by atoms with Gasteiger partial charge in [0.1, 0.15) is 17.1 Å². The van der Waals surface area contributed by atoms with Crippen LogP contribution in [-0.2, 0) is 14.6 Å². The first-order chi connectivity index (χ1) is 9.81. The van der Waals surface area contributed by atoms with E-state index >= 15 is 0 Å². The van der Waals surface area contributed by atoms with Crippen LogP contribution in [0, 0.1) is 0 Å². The lowest BCUT2D eigenvalue weighted by molar-refractivity contribution is -0.118. The lowest BCUT2D eigenvalue weighted by Crippen LogP contribution is -2.30. The van der Waals surface area contributed by atoms with Gasteiger partial charge in [-0.05, 0) is 24.6 Å². The number of carbonyl (C=O) groups excluding carboxylic acids is 1. The van der Waals surface area contributed by atoms with Gasteiger partial charge in [0.25, 0.3) is 0 Å². The Bertz CT molecular complexity index is 638. The second-order valence-electron chi connectivity index (χ2n) is 4.28. The molecule has 1 aromatic carbocycles. The number of benzene rings is 1. The van der Waals surface area contributed by atoms with E-state index in [0.29, 0.717) is 13.0 Å². The molecule has 0 fully saturated rings. The molecule has 0 atom stereocenters. The van der Waals surface area contributed by atoms with Crippen LogP contribution in [0.2, 0.25) is 0 Å². The molecule has 0 spiro atoms. The number of hydrogen-bond donors (Lipinski definition) is 2. The maximum atomic E-state index is 12.1. The molecule has 0 saturated heterocycles. The molecule has 0 bridgehead atoms. The average molecular weight is 315 g/mol. The summed E-state index contributed by atoms with van der Waals surface area (Å²) in [5.41, 5.74) is -0.271. The molecule has 7 nitrogen and oxygen atoms in total. The highest BCUT2D eigenvalue weighted by Crippen LogP contribution is 2.23. The van der Waals surface area contributed by atoms with E-state index in [9.17, 15) is 18.0 Å². The van der Waals surface area contributed by atoms with E-state index in [2.05, 4.69) is 5.32 Å². The third-order valence-electron chi connectivity index (χ3n) is 2.65. The van der Waals surface area contributed by atoms with Crippen LogP contribution in [-0.4, -0.2) is 44.8 Å². The first-order valence-corrected chi connectivity index (χ1v) is 7.87. The molecule has 0 aliphatic carbocycles. The summed E-state index contributed by atoms with van der Waals surface area (Å²) in [6.45, 7) is 2.23. The summed E-state index contributed by atoms with van der Waals surface area (Å²) in [6.07, 6.45) is 0.692. The SMILES string of the molecule is CCCNC(=O)CS(=O)(=O)c1ccc(OC)c(C(=O)O)c1. The quantitative estimate of drug-likeness (QED) is 0.766. The minimum Gasteiger partial charge on any atom is -0.496 e. The monoisotopic (exact) mass is 315 g/mol. The van der Waals surface area contributed by atoms with Gasteiger partial charge in [-0.1, -0.05) is 6.92 Å². The van der Waals surface area contributed by atoms with Crippen molar-refractivity contribution >= 4 is 21.7 Å². The number of nitrogens with one attached hydrogen (secondary N) is 1. The lowest BCUT2D eigenvalue weighted by Gasteiger charge is -2.09. The van der Waals surface area contributed by atoms with E-state index in [4.69, 9.17) is 9.84 Å². The fourth-order valence-electron chi connectivity index (χ4n) is 1.62. The molecular weight excluding hydrogens is 298 g/mol. The third kappa shape index (κ3) is 4.45. The highest BCUT2D eigenvalue weighted by molar-refractivity contribution is 7.92. The molecule has 0 aromatic heterocycles. The van der Waals surface area contributed by atoms with E-state index in [0.717, 1.165) is 6.07 Å². The molecule has 0 radical (unpaired) electrons. The Kier molecular flexibility index (Phi) is 5.71. The average Bonchev–Trinajstić information content (AvgIpc) is 2.43. The Balaban J connectivity index is 3.06. The molecule has 0 aliphatic rings. The predicted octanol–water partition coefficient (Wildman–Crippen LogP) is 0.693. The van der Waals surface area contributed by atoms with Gasteiger partial charge in [0.2, 0.25) is 5.91 Å². The third-order valence-corrected chi connectivity index (χ3v) is 4.27. The van der Waals surface area contributed by atoms with E-state index in [1.165, 1.54) is 19.2 Å². The van der Waals surface area contributed by atoms with Crippen molar-refractivity contribution in [3.8, 4) is 5.75 Å². The van der Waals surface area contributed by atoms with E-state index < -0.39 is 27.5 Å². The second kappa shape index (κ2) is 7.07. The zero-order chi connectivity index (χ0) is 16.0. The molecule has 2 N–H and O–H groups in total. The van der Waals surface area contributed by atoms with Gasteiger partial charge < -0.3 is 15.2 Å². The van der Waals surface area contributed by atoms with Crippen LogP contribution < -0.4 is 10.1 Å². The Morgan fingerprint density at radius 3 is 2.52 bits per heavy atom. The number of sulfone groups is 1. The maximum absolute atomic E-state index is 12.1. The van der Waals surface area contributed by atoms with Crippen molar-refractivity contribution < 1.29 is 27.9 Å². The van der Waals surface area contributed by atoms with Crippen molar-refractivity contribution in [3.05, 3.63) is 23.8 Å². The number of rotatable bonds is 7. The Morgan fingerprint density at radius 2 is 2.00 bits per heavy atom. The minimum atomic E-state index is -3.90. The Hall–Kier alpha value is -2.09. The second-order valence-corrected chi connectivity index (χ2v) is 6.27. The van der Waals surface area contributed by atoms with E-state index in [1.54, 1.807) is 0 Å². The first kappa shape index (κ1) is 17.0. The fraction of sp³-hybridized carbons (Fsp3) is 0.385. The van der Waals surface area contributed by atoms with Crippen LogP contribution in [0.3, 0.4) is 0 Å². The summed E-state index contributed by atoms with van der Waals surface area (Å²) in [7, 11) is -2.62. The molecule has 1 amide bonds. The molecule has 116 valence electrons. The summed E-state index contributed by atoms with van der Waals surface area (Å²) in [4.78, 5) is 22.3. The summed E-state index contributed by atoms with van der Waals surface area (Å²) < 4.78 is 29.0. The van der Waals surface area contributed by atoms with Crippen LogP contribution in [0.15, 0.2) is 23.1 Å². The molecule has 1 aromatic rings. The molecular formula is C13H17NO6S. The predicted molar refractivity (Wildman–Crippen MR) is 75.3 cm³/mol. The van der Waals surface area contributed by atoms with Gasteiger partial charge in [-0.25, -0.2) is 13.2 Å². The van der Waals surface area contributed by atoms with Crippen LogP contribution in [0.25, 0.3) is 0 Å². The highest BCUT2D eigenvalue weighted by Gasteiger charge is 2.22. The zero-order valence-corrected chi connectivity index (χ0v) is 12.6. The fourth-order valence-corrected chi connectivity index (χ4v) is 2.81. The summed E-state index contributed by atoms with van der Waals surface area (Å²) in [6, 6.07) is 3.46. The van der Waals surface area contributed by atoms with Crippen molar-refractivity contribution in [2.45, 2.75) is 18.2 Å². The van der Waals surface area contributed by atoms with Gasteiger partial charge >= 0.3 is 5.97 Å². The van der Waals surface area contributed by atoms with Crippen LogP contribution in [0.4, 0.5) is 0 Å². The number of carboxylic acid groups (broad SMARTS) is 1. The summed E-state index contributed by atoms with van der Waals surface area (Å²) in [5.74, 6) is -2.60. The zero-order valence-electron chi connectivity index (χ0n) is 11.8. The van der Waals surface area contributed by atoms with Gasteiger partial charge in [-0.15, -0.1) is 0 Å². The smallest absolute Gasteiger partial charge is 0.339 e. The highest BCUT2D eigenvalue weighted by atomic mass is 32.2. The number of carbonyl (C=O) groups is 2. The number of carboxylic acids is 1. The first-order valence-electron chi connectivity index (χ1n) is 6.22. The number of ether oxygens (including phenoxy) is 1. The van der Waals surface area contributed by atoms with Gasteiger partial charge in [0.15, 0.2) is 9.84 Å². The number of methoxy groups -OCH3 is 1.